The van der Waals surface area contributed by atoms with Gasteiger partial charge >= 0.3 is 0 Å². The second-order valence-electron chi connectivity index (χ2n) is 5.38. The van der Waals surface area contributed by atoms with E-state index in [-0.39, 0.29) is 0 Å². The Balaban J connectivity index is 2.18. The van der Waals surface area contributed by atoms with Gasteiger partial charge in [0.2, 0.25) is 0 Å². The molecule has 21 heavy (non-hydrogen) atoms. The van der Waals surface area contributed by atoms with Crippen LogP contribution in [0.3, 0.4) is 0 Å². The first-order valence-electron chi connectivity index (χ1n) is 7.08. The second-order valence-corrected chi connectivity index (χ2v) is 5.38. The number of rotatable bonds is 0. The summed E-state index contributed by atoms with van der Waals surface area (Å²) in [6, 6.07) is 21.5. The Labute approximate surface area is 121 Å². The summed E-state index contributed by atoms with van der Waals surface area (Å²) in [6.07, 6.45) is 3.91. The Morgan fingerprint density at radius 3 is 2.29 bits per heavy atom. The Bertz CT molecular complexity index is 1140. The average molecular weight is 268 g/mol. The fourth-order valence-corrected chi connectivity index (χ4v) is 3.26. The van der Waals surface area contributed by atoms with Crippen molar-refractivity contribution in [1.29, 1.82) is 0 Å². The van der Waals surface area contributed by atoms with E-state index in [1.165, 1.54) is 32.4 Å². The molecule has 0 aliphatic heterocycles. The van der Waals surface area contributed by atoms with Gasteiger partial charge in [0, 0.05) is 23.2 Å². The van der Waals surface area contributed by atoms with Crippen molar-refractivity contribution in [2.75, 3.05) is 0 Å². The van der Waals surface area contributed by atoms with Crippen molar-refractivity contribution in [3.63, 3.8) is 0 Å². The largest absolute Gasteiger partial charge is 0.299 e. The molecule has 0 unspecified atom stereocenters. The van der Waals surface area contributed by atoms with Crippen molar-refractivity contribution in [1.82, 2.24) is 9.38 Å². The molecule has 0 aliphatic carbocycles. The van der Waals surface area contributed by atoms with Crippen LogP contribution >= 0.6 is 0 Å². The lowest BCUT2D eigenvalue weighted by Gasteiger charge is -2.09. The van der Waals surface area contributed by atoms with Gasteiger partial charge in [-0.3, -0.25) is 4.40 Å². The smallest absolute Gasteiger partial charge is 0.145 e. The molecule has 0 fully saturated rings. The highest BCUT2D eigenvalue weighted by atomic mass is 15.0. The summed E-state index contributed by atoms with van der Waals surface area (Å²) >= 11 is 0. The molecule has 0 amide bonds. The summed E-state index contributed by atoms with van der Waals surface area (Å²) < 4.78 is 2.17. The van der Waals surface area contributed by atoms with Gasteiger partial charge < -0.3 is 0 Å². The molecule has 0 saturated carbocycles. The van der Waals surface area contributed by atoms with Crippen molar-refractivity contribution < 1.29 is 0 Å². The number of pyridine rings is 1. The van der Waals surface area contributed by atoms with E-state index in [1.54, 1.807) is 0 Å². The first-order valence-corrected chi connectivity index (χ1v) is 7.08. The van der Waals surface area contributed by atoms with Gasteiger partial charge in [-0.05, 0) is 34.4 Å². The summed E-state index contributed by atoms with van der Waals surface area (Å²) in [5.74, 6) is 0. The van der Waals surface area contributed by atoms with Gasteiger partial charge in [-0.1, -0.05) is 42.5 Å². The predicted octanol–water partition coefficient (Wildman–Crippen LogP) is 4.79. The van der Waals surface area contributed by atoms with Crippen molar-refractivity contribution in [2.24, 2.45) is 0 Å². The van der Waals surface area contributed by atoms with E-state index in [1.807, 2.05) is 12.4 Å². The molecular formula is C19H12N2. The van der Waals surface area contributed by atoms with E-state index < -0.39 is 0 Å². The van der Waals surface area contributed by atoms with Gasteiger partial charge in [-0.2, -0.15) is 0 Å². The summed E-state index contributed by atoms with van der Waals surface area (Å²) in [7, 11) is 0. The minimum Gasteiger partial charge on any atom is -0.299 e. The maximum atomic E-state index is 4.57. The number of fused-ring (bicyclic) bond motifs is 7. The van der Waals surface area contributed by atoms with Crippen molar-refractivity contribution in [3.8, 4) is 0 Å². The number of hydrogen-bond acceptors (Lipinski definition) is 1. The second kappa shape index (κ2) is 3.83. The summed E-state index contributed by atoms with van der Waals surface area (Å²) in [6.45, 7) is 0. The van der Waals surface area contributed by atoms with Crippen LogP contribution in [0.2, 0.25) is 0 Å². The molecule has 2 heteroatoms. The normalized spacial score (nSPS) is 11.8. The van der Waals surface area contributed by atoms with Gasteiger partial charge in [0.05, 0.1) is 5.52 Å². The molecular weight excluding hydrogens is 256 g/mol. The van der Waals surface area contributed by atoms with Crippen molar-refractivity contribution in [3.05, 3.63) is 73.1 Å². The van der Waals surface area contributed by atoms with Crippen LogP contribution in [0, 0.1) is 0 Å². The lowest BCUT2D eigenvalue weighted by molar-refractivity contribution is 1.27. The maximum absolute atomic E-state index is 4.57. The van der Waals surface area contributed by atoms with E-state index in [9.17, 15) is 0 Å². The summed E-state index contributed by atoms with van der Waals surface area (Å²) in [5.41, 5.74) is 2.22. The van der Waals surface area contributed by atoms with Crippen LogP contribution in [0.5, 0.6) is 0 Å². The third kappa shape index (κ3) is 1.39. The van der Waals surface area contributed by atoms with Crippen molar-refractivity contribution in [2.45, 2.75) is 0 Å². The molecule has 2 nitrogen and oxygen atoms in total. The standard InChI is InChI=1S/C19H12N2/c1-2-6-14-12-17-16(11-13(14)5-1)15-7-3-4-8-18(15)21-10-9-20-19(17)21/h1-12H. The molecule has 2 aromatic heterocycles. The number of aromatic nitrogens is 2. The zero-order valence-electron chi connectivity index (χ0n) is 11.3. The highest BCUT2D eigenvalue weighted by molar-refractivity contribution is 6.15. The van der Waals surface area contributed by atoms with Crippen LogP contribution < -0.4 is 0 Å². The van der Waals surface area contributed by atoms with Crippen LogP contribution in [0.1, 0.15) is 0 Å². The van der Waals surface area contributed by atoms with E-state index in [0.717, 1.165) is 5.65 Å². The Kier molecular flexibility index (Phi) is 1.98. The first kappa shape index (κ1) is 10.9. The molecule has 0 saturated heterocycles. The SMILES string of the molecule is c1ccc2cc3c(cc2c1)c1ccccc1n1ccnc31. The molecule has 0 bridgehead atoms. The molecule has 0 aliphatic rings. The minimum atomic E-state index is 1.02. The lowest BCUT2D eigenvalue weighted by atomic mass is 10.0. The Morgan fingerprint density at radius 2 is 1.43 bits per heavy atom. The van der Waals surface area contributed by atoms with E-state index in [0.29, 0.717) is 0 Å². The number of nitrogens with zero attached hydrogens (tertiary/aromatic N) is 2. The molecule has 5 rings (SSSR count). The number of benzene rings is 3. The molecule has 3 aromatic carbocycles. The van der Waals surface area contributed by atoms with Gasteiger partial charge in [0.1, 0.15) is 5.65 Å². The van der Waals surface area contributed by atoms with E-state index >= 15 is 0 Å². The van der Waals surface area contributed by atoms with Gasteiger partial charge in [0.15, 0.2) is 0 Å². The molecule has 0 N–H and O–H groups in total. The summed E-state index contributed by atoms with van der Waals surface area (Å²) in [4.78, 5) is 4.57. The average Bonchev–Trinajstić information content (AvgIpc) is 3.03. The molecule has 0 radical (unpaired) electrons. The quantitative estimate of drug-likeness (QED) is 0.291. The predicted molar refractivity (Wildman–Crippen MR) is 87.7 cm³/mol. The van der Waals surface area contributed by atoms with E-state index in [2.05, 4.69) is 70.0 Å². The Hall–Kier alpha value is -2.87. The third-order valence-electron chi connectivity index (χ3n) is 4.22. The zero-order chi connectivity index (χ0) is 13.8. The molecule has 2 heterocycles. The minimum absolute atomic E-state index is 1.02. The van der Waals surface area contributed by atoms with Crippen LogP contribution in [0.15, 0.2) is 73.1 Å². The Morgan fingerprint density at radius 1 is 0.714 bits per heavy atom. The number of para-hydroxylation sites is 1. The molecule has 0 spiro atoms. The topological polar surface area (TPSA) is 17.3 Å². The van der Waals surface area contributed by atoms with Crippen molar-refractivity contribution >= 4 is 38.1 Å². The monoisotopic (exact) mass is 268 g/mol. The molecule has 0 atom stereocenters. The highest BCUT2D eigenvalue weighted by Gasteiger charge is 2.09. The molecule has 98 valence electrons. The van der Waals surface area contributed by atoms with Crippen LogP contribution in [0.4, 0.5) is 0 Å². The fourth-order valence-electron chi connectivity index (χ4n) is 3.26. The zero-order valence-corrected chi connectivity index (χ0v) is 11.3. The van der Waals surface area contributed by atoms with Crippen LogP contribution in [-0.2, 0) is 0 Å². The van der Waals surface area contributed by atoms with Gasteiger partial charge in [0.25, 0.3) is 0 Å². The number of imidazole rings is 1. The van der Waals surface area contributed by atoms with Gasteiger partial charge in [-0.15, -0.1) is 0 Å². The first-order chi connectivity index (χ1) is 10.4. The van der Waals surface area contributed by atoms with Gasteiger partial charge in [-0.25, -0.2) is 4.98 Å². The van der Waals surface area contributed by atoms with Crippen LogP contribution in [0.25, 0.3) is 38.1 Å². The third-order valence-corrected chi connectivity index (χ3v) is 4.22. The summed E-state index contributed by atoms with van der Waals surface area (Å²) in [5, 5.41) is 6.26. The lowest BCUT2D eigenvalue weighted by Crippen LogP contribution is -1.90. The highest BCUT2D eigenvalue weighted by Crippen LogP contribution is 2.31. The number of hydrogen-bond donors (Lipinski definition) is 0. The van der Waals surface area contributed by atoms with E-state index in [4.69, 9.17) is 0 Å². The maximum Gasteiger partial charge on any atom is 0.145 e. The fraction of sp³-hybridized carbons (Fsp3) is 0. The molecule has 5 aromatic rings. The van der Waals surface area contributed by atoms with Crippen LogP contribution in [-0.4, -0.2) is 9.38 Å².